The highest BCUT2D eigenvalue weighted by molar-refractivity contribution is 6.33. The molecule has 0 unspecified atom stereocenters. The summed E-state index contributed by atoms with van der Waals surface area (Å²) < 4.78 is 2.04. The van der Waals surface area contributed by atoms with Gasteiger partial charge in [-0.15, -0.1) is 0 Å². The molecule has 0 spiro atoms. The van der Waals surface area contributed by atoms with E-state index in [4.69, 9.17) is 11.6 Å². The molecule has 1 aromatic heterocycles. The zero-order chi connectivity index (χ0) is 11.5. The standard InChI is InChI=1S/C13H15ClN2/c1-10-4-3-5-12(13(10)14)15-8-11-6-7-16(2)9-11/h3-7,9,15H,8H2,1-2H3. The molecule has 2 aromatic rings. The van der Waals surface area contributed by atoms with Gasteiger partial charge in [-0.1, -0.05) is 23.7 Å². The Morgan fingerprint density at radius 3 is 2.81 bits per heavy atom. The molecular formula is C13H15ClN2. The molecule has 16 heavy (non-hydrogen) atoms. The van der Waals surface area contributed by atoms with Crippen molar-refractivity contribution in [1.82, 2.24) is 4.57 Å². The number of aryl methyl sites for hydroxylation is 2. The molecule has 1 aromatic carbocycles. The Bertz CT molecular complexity index is 488. The van der Waals surface area contributed by atoms with Gasteiger partial charge in [0, 0.05) is 26.0 Å². The molecule has 0 aliphatic heterocycles. The largest absolute Gasteiger partial charge is 0.380 e. The lowest BCUT2D eigenvalue weighted by molar-refractivity contribution is 0.920. The van der Waals surface area contributed by atoms with Crippen molar-refractivity contribution in [3.63, 3.8) is 0 Å². The Balaban J connectivity index is 2.07. The molecule has 3 heteroatoms. The summed E-state index contributed by atoms with van der Waals surface area (Å²) in [6.45, 7) is 2.81. The van der Waals surface area contributed by atoms with Crippen molar-refractivity contribution in [1.29, 1.82) is 0 Å². The first-order chi connectivity index (χ1) is 7.66. The molecule has 0 saturated heterocycles. The minimum absolute atomic E-state index is 0.796. The van der Waals surface area contributed by atoms with E-state index in [0.717, 1.165) is 22.8 Å². The van der Waals surface area contributed by atoms with Gasteiger partial charge in [0.25, 0.3) is 0 Å². The van der Waals surface area contributed by atoms with Gasteiger partial charge in [-0.3, -0.25) is 0 Å². The van der Waals surface area contributed by atoms with Crippen molar-refractivity contribution in [3.05, 3.63) is 52.8 Å². The molecule has 0 radical (unpaired) electrons. The van der Waals surface area contributed by atoms with Crippen LogP contribution in [-0.4, -0.2) is 4.57 Å². The number of rotatable bonds is 3. The van der Waals surface area contributed by atoms with Gasteiger partial charge < -0.3 is 9.88 Å². The van der Waals surface area contributed by atoms with E-state index < -0.39 is 0 Å². The fraction of sp³-hybridized carbons (Fsp3) is 0.231. The van der Waals surface area contributed by atoms with E-state index >= 15 is 0 Å². The van der Waals surface area contributed by atoms with Gasteiger partial charge in [-0.2, -0.15) is 0 Å². The van der Waals surface area contributed by atoms with Crippen molar-refractivity contribution < 1.29 is 0 Å². The summed E-state index contributed by atoms with van der Waals surface area (Å²) in [6, 6.07) is 8.11. The first-order valence-corrected chi connectivity index (χ1v) is 5.64. The average Bonchev–Trinajstić information content (AvgIpc) is 2.67. The van der Waals surface area contributed by atoms with Crippen LogP contribution in [0.1, 0.15) is 11.1 Å². The molecule has 2 nitrogen and oxygen atoms in total. The van der Waals surface area contributed by atoms with E-state index in [2.05, 4.69) is 17.6 Å². The molecule has 0 saturated carbocycles. The molecule has 84 valence electrons. The van der Waals surface area contributed by atoms with Gasteiger partial charge in [-0.25, -0.2) is 0 Å². The SMILES string of the molecule is Cc1cccc(NCc2ccn(C)c2)c1Cl. The van der Waals surface area contributed by atoms with Crippen LogP contribution in [0.15, 0.2) is 36.7 Å². The lowest BCUT2D eigenvalue weighted by Crippen LogP contribution is -1.99. The smallest absolute Gasteiger partial charge is 0.0666 e. The average molecular weight is 235 g/mol. The Kier molecular flexibility index (Phi) is 3.20. The van der Waals surface area contributed by atoms with Gasteiger partial charge in [0.15, 0.2) is 0 Å². The van der Waals surface area contributed by atoms with Gasteiger partial charge in [0.1, 0.15) is 0 Å². The van der Waals surface area contributed by atoms with E-state index in [1.165, 1.54) is 5.56 Å². The van der Waals surface area contributed by atoms with Gasteiger partial charge in [0.05, 0.1) is 10.7 Å². The summed E-state index contributed by atoms with van der Waals surface area (Å²) in [7, 11) is 2.02. The predicted octanol–water partition coefficient (Wildman–Crippen LogP) is 3.60. The molecule has 0 bridgehead atoms. The van der Waals surface area contributed by atoms with Crippen molar-refractivity contribution in [3.8, 4) is 0 Å². The normalized spacial score (nSPS) is 10.4. The zero-order valence-electron chi connectivity index (χ0n) is 9.50. The molecule has 0 atom stereocenters. The number of hydrogen-bond donors (Lipinski definition) is 1. The third kappa shape index (κ3) is 2.39. The Morgan fingerprint density at radius 1 is 1.31 bits per heavy atom. The Morgan fingerprint density at radius 2 is 2.12 bits per heavy atom. The van der Waals surface area contributed by atoms with E-state index in [1.807, 2.05) is 42.9 Å². The zero-order valence-corrected chi connectivity index (χ0v) is 10.3. The number of hydrogen-bond acceptors (Lipinski definition) is 1. The van der Waals surface area contributed by atoms with Crippen molar-refractivity contribution >= 4 is 17.3 Å². The number of nitrogens with one attached hydrogen (secondary N) is 1. The van der Waals surface area contributed by atoms with Crippen LogP contribution in [-0.2, 0) is 13.6 Å². The third-order valence-corrected chi connectivity index (χ3v) is 3.07. The summed E-state index contributed by atoms with van der Waals surface area (Å²) in [5, 5.41) is 4.14. The van der Waals surface area contributed by atoms with Gasteiger partial charge >= 0.3 is 0 Å². The van der Waals surface area contributed by atoms with Crippen LogP contribution in [0.5, 0.6) is 0 Å². The van der Waals surface area contributed by atoms with Crippen LogP contribution < -0.4 is 5.32 Å². The third-order valence-electron chi connectivity index (χ3n) is 2.57. The van der Waals surface area contributed by atoms with Crippen LogP contribution in [0.25, 0.3) is 0 Å². The Labute approximate surface area is 101 Å². The maximum Gasteiger partial charge on any atom is 0.0666 e. The van der Waals surface area contributed by atoms with Crippen molar-refractivity contribution in [2.45, 2.75) is 13.5 Å². The summed E-state index contributed by atoms with van der Waals surface area (Å²) in [5.74, 6) is 0. The summed E-state index contributed by atoms with van der Waals surface area (Å²) in [5.41, 5.74) is 3.34. The maximum absolute atomic E-state index is 6.20. The highest BCUT2D eigenvalue weighted by Gasteiger charge is 2.02. The molecule has 1 heterocycles. The summed E-state index contributed by atoms with van der Waals surface area (Å²) >= 11 is 6.20. The monoisotopic (exact) mass is 234 g/mol. The van der Waals surface area contributed by atoms with Gasteiger partial charge in [0.2, 0.25) is 0 Å². The predicted molar refractivity (Wildman–Crippen MR) is 68.9 cm³/mol. The number of anilines is 1. The molecule has 1 N–H and O–H groups in total. The second kappa shape index (κ2) is 4.62. The summed E-state index contributed by atoms with van der Waals surface area (Å²) in [6.07, 6.45) is 4.13. The van der Waals surface area contributed by atoms with Crippen LogP contribution in [0.2, 0.25) is 5.02 Å². The van der Waals surface area contributed by atoms with Crippen LogP contribution >= 0.6 is 11.6 Å². The second-order valence-electron chi connectivity index (χ2n) is 3.98. The van der Waals surface area contributed by atoms with Crippen LogP contribution in [0, 0.1) is 6.92 Å². The molecule has 2 rings (SSSR count). The van der Waals surface area contributed by atoms with E-state index in [9.17, 15) is 0 Å². The quantitative estimate of drug-likeness (QED) is 0.859. The fourth-order valence-corrected chi connectivity index (χ4v) is 1.84. The topological polar surface area (TPSA) is 17.0 Å². The van der Waals surface area contributed by atoms with E-state index in [1.54, 1.807) is 0 Å². The maximum atomic E-state index is 6.20. The van der Waals surface area contributed by atoms with Crippen LogP contribution in [0.4, 0.5) is 5.69 Å². The second-order valence-corrected chi connectivity index (χ2v) is 4.35. The number of halogens is 1. The Hall–Kier alpha value is -1.41. The lowest BCUT2D eigenvalue weighted by Gasteiger charge is -2.08. The van der Waals surface area contributed by atoms with Crippen LogP contribution in [0.3, 0.4) is 0 Å². The first kappa shape index (κ1) is 11.1. The highest BCUT2D eigenvalue weighted by atomic mass is 35.5. The molecular weight excluding hydrogens is 220 g/mol. The minimum Gasteiger partial charge on any atom is -0.380 e. The van der Waals surface area contributed by atoms with E-state index in [0.29, 0.717) is 0 Å². The lowest BCUT2D eigenvalue weighted by atomic mass is 10.2. The molecule has 0 aliphatic carbocycles. The molecule has 0 amide bonds. The molecule has 0 fully saturated rings. The van der Waals surface area contributed by atoms with Crippen molar-refractivity contribution in [2.75, 3.05) is 5.32 Å². The number of aromatic nitrogens is 1. The first-order valence-electron chi connectivity index (χ1n) is 5.26. The molecule has 0 aliphatic rings. The number of nitrogens with zero attached hydrogens (tertiary/aromatic N) is 1. The van der Waals surface area contributed by atoms with Gasteiger partial charge in [-0.05, 0) is 30.2 Å². The summed E-state index contributed by atoms with van der Waals surface area (Å²) in [4.78, 5) is 0. The fourth-order valence-electron chi connectivity index (χ4n) is 1.65. The van der Waals surface area contributed by atoms with E-state index in [-0.39, 0.29) is 0 Å². The highest BCUT2D eigenvalue weighted by Crippen LogP contribution is 2.25. The number of benzene rings is 1. The van der Waals surface area contributed by atoms with Crippen molar-refractivity contribution in [2.24, 2.45) is 7.05 Å². The minimum atomic E-state index is 0.796.